The highest BCUT2D eigenvalue weighted by molar-refractivity contribution is 5.45. The summed E-state index contributed by atoms with van der Waals surface area (Å²) in [7, 11) is 0. The van der Waals surface area contributed by atoms with Gasteiger partial charge in [-0.15, -0.1) is 13.2 Å². The summed E-state index contributed by atoms with van der Waals surface area (Å²) in [5, 5.41) is 18.6. The zero-order valence-corrected chi connectivity index (χ0v) is 9.95. The molecule has 1 aromatic rings. The molecule has 1 aromatic carbocycles. The molecule has 0 saturated heterocycles. The number of nitrogens with zero attached hydrogens (tertiary/aromatic N) is 1. The Kier molecular flexibility index (Phi) is 5.03. The van der Waals surface area contributed by atoms with Crippen molar-refractivity contribution in [3.8, 4) is 11.8 Å². The van der Waals surface area contributed by atoms with E-state index in [-0.39, 0.29) is 0 Å². The van der Waals surface area contributed by atoms with Gasteiger partial charge in [0.05, 0.1) is 6.07 Å². The first-order chi connectivity index (χ1) is 8.22. The van der Waals surface area contributed by atoms with E-state index < -0.39 is 0 Å². The molecule has 0 aromatic heterocycles. The van der Waals surface area contributed by atoms with E-state index in [1.165, 1.54) is 0 Å². The first-order valence-corrected chi connectivity index (χ1v) is 5.65. The summed E-state index contributed by atoms with van der Waals surface area (Å²) in [5.74, 6) is 0.325. The topological polar surface area (TPSA) is 44.0 Å². The average Bonchev–Trinajstić information content (AvgIpc) is 2.32. The molecule has 2 heteroatoms. The van der Waals surface area contributed by atoms with Crippen LogP contribution in [0.1, 0.15) is 23.1 Å². The number of phenolic OH excluding ortho intramolecular Hbond substituents is 1. The summed E-state index contributed by atoms with van der Waals surface area (Å²) in [6, 6.07) is 6.02. The normalized spacial score (nSPS) is 9.59. The molecule has 0 amide bonds. The molecule has 0 aliphatic carbocycles. The van der Waals surface area contributed by atoms with Gasteiger partial charge in [-0.1, -0.05) is 24.3 Å². The molecule has 0 radical (unpaired) electrons. The molecule has 0 spiro atoms. The predicted octanol–water partition coefficient (Wildman–Crippen LogP) is 3.31. The van der Waals surface area contributed by atoms with E-state index in [2.05, 4.69) is 19.2 Å². The van der Waals surface area contributed by atoms with Crippen LogP contribution < -0.4 is 0 Å². The molecule has 0 atom stereocenters. The smallest absolute Gasteiger partial charge is 0.122 e. The second-order valence-electron chi connectivity index (χ2n) is 3.91. The van der Waals surface area contributed by atoms with Crippen molar-refractivity contribution < 1.29 is 5.11 Å². The zero-order valence-electron chi connectivity index (χ0n) is 9.95. The maximum absolute atomic E-state index is 10.0. The Balaban J connectivity index is 3.11. The van der Waals surface area contributed by atoms with E-state index >= 15 is 0 Å². The van der Waals surface area contributed by atoms with Crippen molar-refractivity contribution >= 4 is 0 Å². The Hall–Kier alpha value is -2.01. The predicted molar refractivity (Wildman–Crippen MR) is 69.8 cm³/mol. The number of hydrogen-bond acceptors (Lipinski definition) is 2. The van der Waals surface area contributed by atoms with Crippen molar-refractivity contribution in [1.29, 1.82) is 5.26 Å². The maximum atomic E-state index is 10.0. The van der Waals surface area contributed by atoms with Crippen LogP contribution in [0.4, 0.5) is 0 Å². The molecule has 1 rings (SSSR count). The van der Waals surface area contributed by atoms with E-state index in [9.17, 15) is 5.11 Å². The van der Waals surface area contributed by atoms with Crippen LogP contribution in [0.15, 0.2) is 37.4 Å². The molecule has 0 heterocycles. The van der Waals surface area contributed by atoms with Gasteiger partial charge in [0.25, 0.3) is 0 Å². The Morgan fingerprint density at radius 2 is 1.71 bits per heavy atom. The minimum absolute atomic E-state index is 0.325. The van der Waals surface area contributed by atoms with Crippen molar-refractivity contribution in [3.63, 3.8) is 0 Å². The van der Waals surface area contributed by atoms with E-state index in [4.69, 9.17) is 5.26 Å². The highest BCUT2D eigenvalue weighted by atomic mass is 16.3. The lowest BCUT2D eigenvalue weighted by atomic mass is 9.97. The standard InChI is InChI=1S/C15H17NO/c1-3-6-13-10-12(8-5-9-16)11-14(7-4-2)15(13)17/h3-4,10-11,17H,1-2,5-8H2. The van der Waals surface area contributed by atoms with Crippen LogP contribution >= 0.6 is 0 Å². The molecule has 0 aliphatic heterocycles. The van der Waals surface area contributed by atoms with E-state index in [1.54, 1.807) is 12.2 Å². The maximum Gasteiger partial charge on any atom is 0.122 e. The summed E-state index contributed by atoms with van der Waals surface area (Å²) in [4.78, 5) is 0. The summed E-state index contributed by atoms with van der Waals surface area (Å²) in [6.45, 7) is 7.36. The summed E-state index contributed by atoms with van der Waals surface area (Å²) in [5.41, 5.74) is 2.82. The first kappa shape index (κ1) is 13.1. The summed E-state index contributed by atoms with van der Waals surface area (Å²) in [6.07, 6.45) is 6.01. The number of benzene rings is 1. The SMILES string of the molecule is C=CCc1cc(CCC#N)cc(CC=C)c1O. The molecule has 1 N–H and O–H groups in total. The van der Waals surface area contributed by atoms with Gasteiger partial charge < -0.3 is 5.11 Å². The van der Waals surface area contributed by atoms with Crippen molar-refractivity contribution in [2.45, 2.75) is 25.7 Å². The number of aryl methyl sites for hydroxylation is 1. The average molecular weight is 227 g/mol. The number of nitriles is 1. The molecule has 0 saturated carbocycles. The third-order valence-corrected chi connectivity index (χ3v) is 2.58. The van der Waals surface area contributed by atoms with Crippen LogP contribution in [0, 0.1) is 11.3 Å². The zero-order chi connectivity index (χ0) is 12.7. The molecule has 17 heavy (non-hydrogen) atoms. The minimum Gasteiger partial charge on any atom is -0.507 e. The van der Waals surface area contributed by atoms with Gasteiger partial charge >= 0.3 is 0 Å². The quantitative estimate of drug-likeness (QED) is 0.758. The molecule has 2 nitrogen and oxygen atoms in total. The Morgan fingerprint density at radius 3 is 2.12 bits per heavy atom. The van der Waals surface area contributed by atoms with Gasteiger partial charge in [-0.05, 0) is 36.0 Å². The van der Waals surface area contributed by atoms with Crippen molar-refractivity contribution in [3.05, 3.63) is 54.1 Å². The molecular formula is C15H17NO. The molecule has 0 unspecified atom stereocenters. The van der Waals surface area contributed by atoms with Gasteiger partial charge in [-0.25, -0.2) is 0 Å². The van der Waals surface area contributed by atoms with E-state index in [0.717, 1.165) is 16.7 Å². The third-order valence-electron chi connectivity index (χ3n) is 2.58. The van der Waals surface area contributed by atoms with Gasteiger partial charge in [0.2, 0.25) is 0 Å². The Labute approximate surface area is 103 Å². The Morgan fingerprint density at radius 1 is 1.18 bits per heavy atom. The van der Waals surface area contributed by atoms with Gasteiger partial charge in [-0.3, -0.25) is 0 Å². The molecule has 0 bridgehead atoms. The monoisotopic (exact) mass is 227 g/mol. The fourth-order valence-corrected chi connectivity index (χ4v) is 1.80. The van der Waals surface area contributed by atoms with Crippen LogP contribution in [-0.2, 0) is 19.3 Å². The van der Waals surface area contributed by atoms with Gasteiger partial charge in [0, 0.05) is 6.42 Å². The van der Waals surface area contributed by atoms with Gasteiger partial charge in [0.15, 0.2) is 0 Å². The van der Waals surface area contributed by atoms with Gasteiger partial charge in [-0.2, -0.15) is 5.26 Å². The largest absolute Gasteiger partial charge is 0.507 e. The molecule has 88 valence electrons. The highest BCUT2D eigenvalue weighted by Crippen LogP contribution is 2.26. The highest BCUT2D eigenvalue weighted by Gasteiger charge is 2.08. The van der Waals surface area contributed by atoms with E-state index in [1.807, 2.05) is 12.1 Å². The molecule has 0 aliphatic rings. The second-order valence-corrected chi connectivity index (χ2v) is 3.91. The minimum atomic E-state index is 0.325. The van der Waals surface area contributed by atoms with Crippen LogP contribution in [-0.4, -0.2) is 5.11 Å². The lowest BCUT2D eigenvalue weighted by molar-refractivity contribution is 0.463. The summed E-state index contributed by atoms with van der Waals surface area (Å²) >= 11 is 0. The third kappa shape index (κ3) is 3.49. The van der Waals surface area contributed by atoms with Crippen molar-refractivity contribution in [2.24, 2.45) is 0 Å². The van der Waals surface area contributed by atoms with Crippen molar-refractivity contribution in [1.82, 2.24) is 0 Å². The number of rotatable bonds is 6. The lowest BCUT2D eigenvalue weighted by Gasteiger charge is -2.10. The first-order valence-electron chi connectivity index (χ1n) is 5.65. The van der Waals surface area contributed by atoms with E-state index in [0.29, 0.717) is 31.4 Å². The fraction of sp³-hybridized carbons (Fsp3) is 0.267. The van der Waals surface area contributed by atoms with Crippen LogP contribution in [0.25, 0.3) is 0 Å². The van der Waals surface area contributed by atoms with Crippen LogP contribution in [0.5, 0.6) is 5.75 Å². The van der Waals surface area contributed by atoms with Crippen molar-refractivity contribution in [2.75, 3.05) is 0 Å². The number of aromatic hydroxyl groups is 1. The fourth-order valence-electron chi connectivity index (χ4n) is 1.80. The second kappa shape index (κ2) is 6.55. The van der Waals surface area contributed by atoms with Crippen LogP contribution in [0.2, 0.25) is 0 Å². The van der Waals surface area contributed by atoms with Crippen LogP contribution in [0.3, 0.4) is 0 Å². The Bertz CT molecular complexity index is 423. The van der Waals surface area contributed by atoms with Gasteiger partial charge in [0.1, 0.15) is 5.75 Å². The molecule has 0 fully saturated rings. The molecular weight excluding hydrogens is 210 g/mol. The lowest BCUT2D eigenvalue weighted by Crippen LogP contribution is -1.94. The number of hydrogen-bond donors (Lipinski definition) is 1. The number of allylic oxidation sites excluding steroid dienone is 2. The number of phenols is 1. The summed E-state index contributed by atoms with van der Waals surface area (Å²) < 4.78 is 0.